The van der Waals surface area contributed by atoms with E-state index in [4.69, 9.17) is 0 Å². The van der Waals surface area contributed by atoms with Crippen molar-refractivity contribution in [3.05, 3.63) is 71.3 Å². The molecule has 18 heavy (non-hydrogen) atoms. The number of aryl methyl sites for hydroxylation is 2. The zero-order valence-corrected chi connectivity index (χ0v) is 11.5. The lowest BCUT2D eigenvalue weighted by Crippen LogP contribution is -2.04. The van der Waals surface area contributed by atoms with Gasteiger partial charge in [0, 0.05) is 22.3 Å². The van der Waals surface area contributed by atoms with Gasteiger partial charge in [-0.15, -0.1) is 0 Å². The maximum atomic E-state index is 12.0. The highest BCUT2D eigenvalue weighted by Crippen LogP contribution is 2.08. The first-order chi connectivity index (χ1) is 8.74. The topological polar surface area (TPSA) is 17.1 Å². The Labute approximate surface area is 111 Å². The highest BCUT2D eigenvalue weighted by molar-refractivity contribution is 7.84. The van der Waals surface area contributed by atoms with Crippen molar-refractivity contribution in [3.8, 4) is 0 Å². The van der Waals surface area contributed by atoms with Crippen LogP contribution in [0.15, 0.2) is 54.6 Å². The molecule has 0 saturated carbocycles. The van der Waals surface area contributed by atoms with Gasteiger partial charge in [0.1, 0.15) is 0 Å². The smallest absolute Gasteiger partial charge is 0.0485 e. The van der Waals surface area contributed by atoms with Crippen molar-refractivity contribution in [1.29, 1.82) is 0 Å². The summed E-state index contributed by atoms with van der Waals surface area (Å²) in [5.74, 6) is 1.40. The zero-order valence-electron chi connectivity index (χ0n) is 10.6. The molecule has 0 bridgehead atoms. The van der Waals surface area contributed by atoms with Gasteiger partial charge in [-0.3, -0.25) is 4.21 Å². The Bertz CT molecular complexity index is 520. The average molecular weight is 258 g/mol. The molecular formula is C16H18OS. The predicted molar refractivity (Wildman–Crippen MR) is 78.0 cm³/mol. The minimum atomic E-state index is -0.780. The molecule has 0 heterocycles. The normalized spacial score (nSPS) is 12.3. The van der Waals surface area contributed by atoms with E-state index in [0.29, 0.717) is 5.75 Å². The third kappa shape index (κ3) is 4.11. The van der Waals surface area contributed by atoms with Crippen LogP contribution < -0.4 is 0 Å². The summed E-state index contributed by atoms with van der Waals surface area (Å²) in [5, 5.41) is 0. The van der Waals surface area contributed by atoms with Crippen LogP contribution in [0.2, 0.25) is 0 Å². The molecule has 0 aliphatic rings. The van der Waals surface area contributed by atoms with Crippen molar-refractivity contribution in [2.45, 2.75) is 19.1 Å². The van der Waals surface area contributed by atoms with Crippen LogP contribution in [-0.4, -0.2) is 9.96 Å². The minimum absolute atomic E-state index is 0.661. The first kappa shape index (κ1) is 13.0. The Hall–Kier alpha value is -1.41. The molecule has 94 valence electrons. The summed E-state index contributed by atoms with van der Waals surface area (Å²) >= 11 is 0. The second-order valence-corrected chi connectivity index (χ2v) is 6.09. The highest BCUT2D eigenvalue weighted by atomic mass is 32.2. The molecule has 0 fully saturated rings. The van der Waals surface area contributed by atoms with Crippen molar-refractivity contribution in [1.82, 2.24) is 0 Å². The first-order valence-corrected chi connectivity index (χ1v) is 7.67. The van der Waals surface area contributed by atoms with Crippen LogP contribution in [0.25, 0.3) is 0 Å². The van der Waals surface area contributed by atoms with Gasteiger partial charge >= 0.3 is 0 Å². The highest BCUT2D eigenvalue weighted by Gasteiger charge is 2.02. The largest absolute Gasteiger partial charge is 0.259 e. The van der Waals surface area contributed by atoms with Gasteiger partial charge in [0.15, 0.2) is 0 Å². The van der Waals surface area contributed by atoms with E-state index in [1.807, 2.05) is 30.3 Å². The molecule has 0 radical (unpaired) electrons. The predicted octanol–water partition coefficient (Wildman–Crippen LogP) is 3.49. The van der Waals surface area contributed by atoms with Crippen LogP contribution in [0.5, 0.6) is 0 Å². The van der Waals surface area contributed by atoms with E-state index in [0.717, 1.165) is 12.2 Å². The third-order valence-corrected chi connectivity index (χ3v) is 4.19. The van der Waals surface area contributed by atoms with Crippen molar-refractivity contribution in [2.24, 2.45) is 0 Å². The van der Waals surface area contributed by atoms with Gasteiger partial charge in [0.2, 0.25) is 0 Å². The number of rotatable bonds is 5. The van der Waals surface area contributed by atoms with Crippen LogP contribution in [0.1, 0.15) is 16.7 Å². The number of hydrogen-bond donors (Lipinski definition) is 0. The molecular weight excluding hydrogens is 240 g/mol. The van der Waals surface area contributed by atoms with Crippen molar-refractivity contribution < 1.29 is 4.21 Å². The lowest BCUT2D eigenvalue weighted by Gasteiger charge is -2.04. The molecule has 2 heteroatoms. The summed E-state index contributed by atoms with van der Waals surface area (Å²) in [6.07, 6.45) is 0.888. The molecule has 0 spiro atoms. The molecule has 2 rings (SSSR count). The van der Waals surface area contributed by atoms with E-state index >= 15 is 0 Å². The van der Waals surface area contributed by atoms with Crippen molar-refractivity contribution >= 4 is 10.8 Å². The van der Waals surface area contributed by atoms with Gasteiger partial charge in [0.25, 0.3) is 0 Å². The van der Waals surface area contributed by atoms with Crippen LogP contribution in [0, 0.1) is 6.92 Å². The molecule has 0 N–H and O–H groups in total. The summed E-state index contributed by atoms with van der Waals surface area (Å²) in [7, 11) is -0.780. The molecule has 0 aromatic heterocycles. The summed E-state index contributed by atoms with van der Waals surface area (Å²) < 4.78 is 12.0. The van der Waals surface area contributed by atoms with Crippen molar-refractivity contribution in [3.63, 3.8) is 0 Å². The lowest BCUT2D eigenvalue weighted by molar-refractivity contribution is 0.682. The molecule has 0 saturated heterocycles. The standard InChI is InChI=1S/C16H18OS/c1-14-6-5-9-16(12-14)13-18(17)11-10-15-7-3-2-4-8-15/h2-9,12H,10-11,13H2,1H3. The first-order valence-electron chi connectivity index (χ1n) is 6.18. The van der Waals surface area contributed by atoms with Crippen LogP contribution in [0.3, 0.4) is 0 Å². The second-order valence-electron chi connectivity index (χ2n) is 4.51. The van der Waals surface area contributed by atoms with Crippen LogP contribution >= 0.6 is 0 Å². The van der Waals surface area contributed by atoms with E-state index < -0.39 is 10.8 Å². The van der Waals surface area contributed by atoms with E-state index in [-0.39, 0.29) is 0 Å². The van der Waals surface area contributed by atoms with E-state index in [1.165, 1.54) is 16.7 Å². The Balaban J connectivity index is 1.86. The molecule has 0 amide bonds. The summed E-state index contributed by atoms with van der Waals surface area (Å²) in [6, 6.07) is 18.5. The molecule has 1 unspecified atom stereocenters. The Morgan fingerprint density at radius 1 is 0.944 bits per heavy atom. The van der Waals surface area contributed by atoms with Gasteiger partial charge in [-0.2, -0.15) is 0 Å². The van der Waals surface area contributed by atoms with E-state index in [9.17, 15) is 4.21 Å². The monoisotopic (exact) mass is 258 g/mol. The second kappa shape index (κ2) is 6.50. The number of hydrogen-bond acceptors (Lipinski definition) is 1. The Morgan fingerprint density at radius 3 is 2.39 bits per heavy atom. The van der Waals surface area contributed by atoms with Gasteiger partial charge in [-0.05, 0) is 24.5 Å². The summed E-state index contributed by atoms with van der Waals surface area (Å²) in [4.78, 5) is 0. The molecule has 2 aromatic rings. The minimum Gasteiger partial charge on any atom is -0.259 e. The van der Waals surface area contributed by atoms with Crippen LogP contribution in [-0.2, 0) is 23.0 Å². The summed E-state index contributed by atoms with van der Waals surface area (Å²) in [5.41, 5.74) is 3.66. The van der Waals surface area contributed by atoms with Gasteiger partial charge in [-0.1, -0.05) is 60.2 Å². The Kier molecular flexibility index (Phi) is 4.71. The van der Waals surface area contributed by atoms with Gasteiger partial charge in [0.05, 0.1) is 0 Å². The quantitative estimate of drug-likeness (QED) is 0.802. The van der Waals surface area contributed by atoms with E-state index in [2.05, 4.69) is 31.2 Å². The van der Waals surface area contributed by atoms with E-state index in [1.54, 1.807) is 0 Å². The zero-order chi connectivity index (χ0) is 12.8. The van der Waals surface area contributed by atoms with Gasteiger partial charge in [-0.25, -0.2) is 0 Å². The Morgan fingerprint density at radius 2 is 1.67 bits per heavy atom. The van der Waals surface area contributed by atoms with Crippen LogP contribution in [0.4, 0.5) is 0 Å². The van der Waals surface area contributed by atoms with Gasteiger partial charge < -0.3 is 0 Å². The lowest BCUT2D eigenvalue weighted by atomic mass is 10.2. The maximum absolute atomic E-state index is 12.0. The fourth-order valence-corrected chi connectivity index (χ4v) is 3.10. The summed E-state index contributed by atoms with van der Waals surface area (Å²) in [6.45, 7) is 2.07. The fourth-order valence-electron chi connectivity index (χ4n) is 1.94. The molecule has 1 nitrogen and oxygen atoms in total. The molecule has 2 aromatic carbocycles. The average Bonchev–Trinajstić information content (AvgIpc) is 2.38. The third-order valence-electron chi connectivity index (χ3n) is 2.87. The molecule has 1 atom stereocenters. The fraction of sp³-hybridized carbons (Fsp3) is 0.250. The molecule has 0 aliphatic heterocycles. The number of benzene rings is 2. The SMILES string of the molecule is Cc1cccc(CS(=O)CCc2ccccc2)c1. The maximum Gasteiger partial charge on any atom is 0.0485 e. The van der Waals surface area contributed by atoms with Crippen molar-refractivity contribution in [2.75, 3.05) is 5.75 Å². The molecule has 0 aliphatic carbocycles.